The molecule has 0 spiro atoms. The smallest absolute Gasteiger partial charge is 0.342 e. The summed E-state index contributed by atoms with van der Waals surface area (Å²) in [6.45, 7) is 0. The van der Waals surface area contributed by atoms with Crippen LogP contribution in [0.2, 0.25) is 0 Å². The van der Waals surface area contributed by atoms with Gasteiger partial charge in [-0.15, -0.1) is 0 Å². The van der Waals surface area contributed by atoms with Gasteiger partial charge in [-0.1, -0.05) is 0 Å². The lowest BCUT2D eigenvalue weighted by atomic mass is 9.85. The van der Waals surface area contributed by atoms with Crippen LogP contribution in [-0.2, 0) is 28.6 Å². The zero-order chi connectivity index (χ0) is 14.8. The van der Waals surface area contributed by atoms with Crippen LogP contribution in [0.3, 0.4) is 0 Å². The van der Waals surface area contributed by atoms with E-state index in [1.165, 1.54) is 0 Å². The molecule has 0 aromatic rings. The fourth-order valence-corrected chi connectivity index (χ4v) is 2.06. The molecule has 3 atom stereocenters. The molecule has 0 heterocycles. The highest BCUT2D eigenvalue weighted by atomic mass is 16.6. The summed E-state index contributed by atoms with van der Waals surface area (Å²) < 4.78 is 13.7. The number of carbonyl (C=O) groups is 3. The molecule has 0 amide bonds. The first-order chi connectivity index (χ1) is 8.84. The SMILES string of the molecule is COC(=O)C1=CC(OC)C(O)(C(=O)OC)C1C(=O)O. The lowest BCUT2D eigenvalue weighted by Gasteiger charge is -2.30. The first-order valence-corrected chi connectivity index (χ1v) is 5.20. The lowest BCUT2D eigenvalue weighted by Crippen LogP contribution is -2.55. The number of methoxy groups -OCH3 is 3. The van der Waals surface area contributed by atoms with Crippen LogP contribution < -0.4 is 0 Å². The molecule has 1 aliphatic carbocycles. The van der Waals surface area contributed by atoms with E-state index in [4.69, 9.17) is 9.84 Å². The van der Waals surface area contributed by atoms with Gasteiger partial charge in [-0.25, -0.2) is 9.59 Å². The summed E-state index contributed by atoms with van der Waals surface area (Å²) in [5.74, 6) is -5.56. The molecule has 0 saturated carbocycles. The number of aliphatic carboxylic acids is 1. The van der Waals surface area contributed by atoms with Gasteiger partial charge in [0.05, 0.1) is 19.8 Å². The molecule has 8 nitrogen and oxygen atoms in total. The Morgan fingerprint density at radius 1 is 1.21 bits per heavy atom. The van der Waals surface area contributed by atoms with Gasteiger partial charge >= 0.3 is 17.9 Å². The molecule has 106 valence electrons. The van der Waals surface area contributed by atoms with Crippen molar-refractivity contribution in [3.8, 4) is 0 Å². The second-order valence-corrected chi connectivity index (χ2v) is 3.86. The van der Waals surface area contributed by atoms with Crippen LogP contribution in [0.25, 0.3) is 0 Å². The molecule has 0 aliphatic heterocycles. The summed E-state index contributed by atoms with van der Waals surface area (Å²) in [4.78, 5) is 34.4. The molecule has 0 radical (unpaired) electrons. The Balaban J connectivity index is 3.36. The monoisotopic (exact) mass is 274 g/mol. The maximum Gasteiger partial charge on any atom is 0.342 e. The van der Waals surface area contributed by atoms with Crippen molar-refractivity contribution >= 4 is 17.9 Å². The van der Waals surface area contributed by atoms with Gasteiger partial charge in [-0.05, 0) is 6.08 Å². The minimum absolute atomic E-state index is 0.366. The van der Waals surface area contributed by atoms with E-state index in [2.05, 4.69) is 9.47 Å². The second-order valence-electron chi connectivity index (χ2n) is 3.86. The minimum Gasteiger partial charge on any atom is -0.481 e. The normalized spacial score (nSPS) is 29.6. The van der Waals surface area contributed by atoms with Gasteiger partial charge in [0.15, 0.2) is 0 Å². The molecule has 8 heteroatoms. The van der Waals surface area contributed by atoms with Crippen LogP contribution >= 0.6 is 0 Å². The van der Waals surface area contributed by atoms with Crippen LogP contribution in [0.15, 0.2) is 11.6 Å². The summed E-state index contributed by atoms with van der Waals surface area (Å²) in [5, 5.41) is 19.5. The summed E-state index contributed by atoms with van der Waals surface area (Å²) in [7, 11) is 3.20. The first-order valence-electron chi connectivity index (χ1n) is 5.20. The van der Waals surface area contributed by atoms with Gasteiger partial charge in [0, 0.05) is 7.11 Å². The zero-order valence-electron chi connectivity index (χ0n) is 10.6. The molecule has 0 aromatic carbocycles. The van der Waals surface area contributed by atoms with Crippen LogP contribution in [-0.4, -0.2) is 61.2 Å². The molecule has 0 fully saturated rings. The standard InChI is InChI=1S/C11H14O8/c1-17-6-4-5(9(14)18-2)7(8(12)13)11(6,16)10(15)19-3/h4,6-7,16H,1-3H3,(H,12,13). The summed E-state index contributed by atoms with van der Waals surface area (Å²) in [6.07, 6.45) is -0.281. The molecule has 3 unspecified atom stereocenters. The number of hydrogen-bond donors (Lipinski definition) is 2. The highest BCUT2D eigenvalue weighted by molar-refractivity contribution is 6.02. The topological polar surface area (TPSA) is 119 Å². The van der Waals surface area contributed by atoms with E-state index in [1.54, 1.807) is 0 Å². The molecule has 0 bridgehead atoms. The van der Waals surface area contributed by atoms with E-state index < -0.39 is 35.5 Å². The molecule has 0 saturated heterocycles. The Kier molecular flexibility index (Phi) is 4.28. The number of esters is 2. The van der Waals surface area contributed by atoms with E-state index in [-0.39, 0.29) is 5.57 Å². The highest BCUT2D eigenvalue weighted by Crippen LogP contribution is 2.39. The maximum atomic E-state index is 11.7. The number of aliphatic hydroxyl groups is 1. The van der Waals surface area contributed by atoms with Crippen LogP contribution in [0.1, 0.15) is 0 Å². The van der Waals surface area contributed by atoms with Gasteiger partial charge < -0.3 is 24.4 Å². The Morgan fingerprint density at radius 2 is 1.79 bits per heavy atom. The van der Waals surface area contributed by atoms with Crippen LogP contribution in [0, 0.1) is 5.92 Å². The zero-order valence-corrected chi connectivity index (χ0v) is 10.6. The Labute approximate surface area is 108 Å². The average molecular weight is 274 g/mol. The lowest BCUT2D eigenvalue weighted by molar-refractivity contribution is -0.185. The summed E-state index contributed by atoms with van der Waals surface area (Å²) in [5.41, 5.74) is -2.88. The van der Waals surface area contributed by atoms with Gasteiger partial charge in [0.2, 0.25) is 5.60 Å². The third kappa shape index (κ3) is 2.20. The predicted octanol–water partition coefficient (Wildman–Crippen LogP) is -1.28. The van der Waals surface area contributed by atoms with Crippen LogP contribution in [0.5, 0.6) is 0 Å². The van der Waals surface area contributed by atoms with Crippen LogP contribution in [0.4, 0.5) is 0 Å². The van der Waals surface area contributed by atoms with Crippen molar-refractivity contribution in [3.63, 3.8) is 0 Å². The summed E-state index contributed by atoms with van der Waals surface area (Å²) >= 11 is 0. The number of rotatable bonds is 4. The van der Waals surface area contributed by atoms with E-state index in [0.717, 1.165) is 27.4 Å². The van der Waals surface area contributed by atoms with Crippen molar-refractivity contribution < 1.29 is 38.8 Å². The van der Waals surface area contributed by atoms with E-state index in [0.29, 0.717) is 0 Å². The number of hydrogen-bond acceptors (Lipinski definition) is 7. The molecule has 1 rings (SSSR count). The van der Waals surface area contributed by atoms with Crippen molar-refractivity contribution in [3.05, 3.63) is 11.6 Å². The predicted molar refractivity (Wildman–Crippen MR) is 59.0 cm³/mol. The van der Waals surface area contributed by atoms with E-state index in [1.807, 2.05) is 0 Å². The fourth-order valence-electron chi connectivity index (χ4n) is 2.06. The first kappa shape index (κ1) is 15.1. The van der Waals surface area contributed by atoms with E-state index in [9.17, 15) is 19.5 Å². The van der Waals surface area contributed by atoms with Crippen molar-refractivity contribution in [1.29, 1.82) is 0 Å². The third-order valence-electron chi connectivity index (χ3n) is 2.95. The average Bonchev–Trinajstić information content (AvgIpc) is 2.70. The van der Waals surface area contributed by atoms with E-state index >= 15 is 0 Å². The van der Waals surface area contributed by atoms with Crippen molar-refractivity contribution in [2.45, 2.75) is 11.7 Å². The van der Waals surface area contributed by atoms with Crippen molar-refractivity contribution in [2.75, 3.05) is 21.3 Å². The molecular weight excluding hydrogens is 260 g/mol. The van der Waals surface area contributed by atoms with Gasteiger partial charge in [0.25, 0.3) is 0 Å². The number of carboxylic acid groups (broad SMARTS) is 1. The Bertz CT molecular complexity index is 440. The number of carboxylic acids is 1. The van der Waals surface area contributed by atoms with Crippen molar-refractivity contribution in [1.82, 2.24) is 0 Å². The number of carbonyl (C=O) groups excluding carboxylic acids is 2. The third-order valence-corrected chi connectivity index (χ3v) is 2.95. The molecule has 0 aromatic heterocycles. The highest BCUT2D eigenvalue weighted by Gasteiger charge is 2.61. The largest absolute Gasteiger partial charge is 0.481 e. The van der Waals surface area contributed by atoms with Crippen molar-refractivity contribution in [2.24, 2.45) is 5.92 Å². The number of ether oxygens (including phenoxy) is 3. The summed E-state index contributed by atoms with van der Waals surface area (Å²) in [6, 6.07) is 0. The van der Waals surface area contributed by atoms with Gasteiger partial charge in [-0.2, -0.15) is 0 Å². The molecule has 1 aliphatic rings. The maximum absolute atomic E-state index is 11.7. The quantitative estimate of drug-likeness (QED) is 0.608. The Morgan fingerprint density at radius 3 is 2.16 bits per heavy atom. The second kappa shape index (κ2) is 5.37. The molecule has 2 N–H and O–H groups in total. The molecule has 19 heavy (non-hydrogen) atoms. The minimum atomic E-state index is -2.52. The van der Waals surface area contributed by atoms with Gasteiger partial charge in [-0.3, -0.25) is 4.79 Å². The Hall–Kier alpha value is -1.93. The fraction of sp³-hybridized carbons (Fsp3) is 0.545. The molecular formula is C11H14O8. The van der Waals surface area contributed by atoms with Gasteiger partial charge in [0.1, 0.15) is 12.0 Å².